The Hall–Kier alpha value is -2.57. The summed E-state index contributed by atoms with van der Waals surface area (Å²) in [5.41, 5.74) is -3.71. The van der Waals surface area contributed by atoms with E-state index in [1.54, 1.807) is 10.6 Å². The van der Waals surface area contributed by atoms with Crippen LogP contribution in [0.1, 0.15) is 12.5 Å². The molecular formula is C15H11F11N6S2. The molecule has 0 unspecified atom stereocenters. The van der Waals surface area contributed by atoms with Gasteiger partial charge in [0.2, 0.25) is 5.82 Å². The molecule has 6 nitrogen and oxygen atoms in total. The Balaban J connectivity index is 3.54. The van der Waals surface area contributed by atoms with Crippen LogP contribution in [0.15, 0.2) is 20.4 Å². The van der Waals surface area contributed by atoms with E-state index in [4.69, 9.17) is 0 Å². The highest BCUT2D eigenvalue weighted by atomic mass is 32.1. The van der Waals surface area contributed by atoms with Crippen molar-refractivity contribution in [1.29, 1.82) is 0 Å². The first-order valence-corrected chi connectivity index (χ1v) is 9.13. The molecule has 1 rings (SSSR count). The Morgan fingerprint density at radius 1 is 0.647 bits per heavy atom. The van der Waals surface area contributed by atoms with Crippen LogP contribution in [-0.2, 0) is 0 Å². The van der Waals surface area contributed by atoms with Crippen LogP contribution >= 0.6 is 25.3 Å². The van der Waals surface area contributed by atoms with Crippen LogP contribution in [0, 0.1) is 29.1 Å². The van der Waals surface area contributed by atoms with Crippen molar-refractivity contribution < 1.29 is 48.3 Å². The maximum atomic E-state index is 14.2. The molecule has 0 saturated carbocycles. The SMILES string of the molecule is CC(=N\N=C(/S)NCC(F)(F)F)/C(=N/N=C(\S)NCC(F)(F)F)c1c(F)c(F)c(F)c(F)c1F. The number of rotatable bonds is 6. The van der Waals surface area contributed by atoms with Crippen molar-refractivity contribution >= 4 is 47.0 Å². The molecule has 19 heteroatoms. The number of alkyl halides is 6. The predicted octanol–water partition coefficient (Wildman–Crippen LogP) is 4.34. The standard InChI is InChI=1S/C15H11F11N6S2/c1-4(29-31-12(33)27-2-14(21,22)23)11(30-32-13(34)28-3-15(24,25)26)5-6(16)8(18)10(20)9(19)7(5)17/h2-3H2,1H3,(H2,27,31,33)(H2,28,32,34)/b29-4+,30-11-. The molecule has 0 heterocycles. The minimum absolute atomic E-state index is 0.779. The number of thiol groups is 2. The number of amidine groups is 2. The average Bonchev–Trinajstić information content (AvgIpc) is 2.72. The van der Waals surface area contributed by atoms with Crippen molar-refractivity contribution in [2.45, 2.75) is 19.3 Å². The van der Waals surface area contributed by atoms with Crippen LogP contribution in [0.25, 0.3) is 0 Å². The van der Waals surface area contributed by atoms with Gasteiger partial charge in [-0.1, -0.05) is 0 Å². The van der Waals surface area contributed by atoms with E-state index >= 15 is 0 Å². The molecule has 0 aliphatic heterocycles. The monoisotopic (exact) mass is 548 g/mol. The van der Waals surface area contributed by atoms with Gasteiger partial charge in [-0.15, -0.1) is 40.6 Å². The maximum Gasteiger partial charge on any atom is 0.405 e. The quantitative estimate of drug-likeness (QED) is 0.0813. The van der Waals surface area contributed by atoms with Gasteiger partial charge in [-0.25, -0.2) is 22.0 Å². The third-order valence-electron chi connectivity index (χ3n) is 3.22. The van der Waals surface area contributed by atoms with Crippen molar-refractivity contribution in [3.05, 3.63) is 34.6 Å². The molecule has 0 radical (unpaired) electrons. The zero-order valence-electron chi connectivity index (χ0n) is 16.3. The van der Waals surface area contributed by atoms with Gasteiger partial charge in [0.15, 0.2) is 33.6 Å². The minimum Gasteiger partial charge on any atom is -0.354 e. The van der Waals surface area contributed by atoms with Gasteiger partial charge < -0.3 is 10.6 Å². The van der Waals surface area contributed by atoms with Crippen molar-refractivity contribution in [3.63, 3.8) is 0 Å². The largest absolute Gasteiger partial charge is 0.405 e. The molecule has 0 aliphatic carbocycles. The lowest BCUT2D eigenvalue weighted by Gasteiger charge is -2.10. The summed E-state index contributed by atoms with van der Waals surface area (Å²) in [5, 5.41) is 14.1. The Morgan fingerprint density at radius 3 is 1.38 bits per heavy atom. The fraction of sp³-hybridized carbons (Fsp3) is 0.333. The summed E-state index contributed by atoms with van der Waals surface area (Å²) in [6, 6.07) is 0. The lowest BCUT2D eigenvalue weighted by molar-refractivity contribution is -0.122. The van der Waals surface area contributed by atoms with Crippen LogP contribution in [0.3, 0.4) is 0 Å². The Kier molecular flexibility index (Phi) is 10.2. The second-order valence-electron chi connectivity index (χ2n) is 5.86. The molecule has 0 spiro atoms. The van der Waals surface area contributed by atoms with Crippen molar-refractivity contribution in [2.75, 3.05) is 13.1 Å². The summed E-state index contributed by atoms with van der Waals surface area (Å²) in [6.07, 6.45) is -9.43. The first-order chi connectivity index (χ1) is 15.4. The third kappa shape index (κ3) is 8.99. The molecular weight excluding hydrogens is 537 g/mol. The number of halogens is 11. The highest BCUT2D eigenvalue weighted by Crippen LogP contribution is 2.24. The van der Waals surface area contributed by atoms with E-state index in [0.717, 1.165) is 6.92 Å². The lowest BCUT2D eigenvalue weighted by atomic mass is 10.0. The van der Waals surface area contributed by atoms with E-state index in [0.29, 0.717) is 0 Å². The topological polar surface area (TPSA) is 73.5 Å². The summed E-state index contributed by atoms with van der Waals surface area (Å²) < 4.78 is 142. The molecule has 0 saturated heterocycles. The van der Waals surface area contributed by atoms with Gasteiger partial charge >= 0.3 is 12.4 Å². The van der Waals surface area contributed by atoms with Crippen LogP contribution < -0.4 is 10.6 Å². The number of hydrogen-bond acceptors (Lipinski definition) is 4. The van der Waals surface area contributed by atoms with Gasteiger partial charge in [-0.2, -0.15) is 31.4 Å². The first kappa shape index (κ1) is 29.5. The summed E-state index contributed by atoms with van der Waals surface area (Å²) in [7, 11) is 0. The Bertz CT molecular complexity index is 1000. The molecule has 0 bridgehead atoms. The molecule has 34 heavy (non-hydrogen) atoms. The van der Waals surface area contributed by atoms with E-state index in [2.05, 4.69) is 45.7 Å². The van der Waals surface area contributed by atoms with Crippen LogP contribution in [0.5, 0.6) is 0 Å². The normalized spacial score (nSPS) is 14.5. The zero-order chi connectivity index (χ0) is 26.4. The van der Waals surface area contributed by atoms with E-state index in [1.165, 1.54) is 0 Å². The Morgan fingerprint density at radius 2 is 1.00 bits per heavy atom. The van der Waals surface area contributed by atoms with E-state index < -0.39 is 81.9 Å². The second-order valence-corrected chi connectivity index (χ2v) is 6.71. The van der Waals surface area contributed by atoms with E-state index in [-0.39, 0.29) is 0 Å². The van der Waals surface area contributed by atoms with Crippen molar-refractivity contribution in [3.8, 4) is 0 Å². The van der Waals surface area contributed by atoms with Gasteiger partial charge in [0.25, 0.3) is 0 Å². The molecule has 0 fully saturated rings. The zero-order valence-corrected chi connectivity index (χ0v) is 18.0. The lowest BCUT2D eigenvalue weighted by Crippen LogP contribution is -2.31. The van der Waals surface area contributed by atoms with Gasteiger partial charge in [0.05, 0.1) is 11.3 Å². The van der Waals surface area contributed by atoms with Crippen molar-refractivity contribution in [1.82, 2.24) is 10.6 Å². The van der Waals surface area contributed by atoms with E-state index in [1.807, 2.05) is 0 Å². The van der Waals surface area contributed by atoms with Gasteiger partial charge in [-0.05, 0) is 6.92 Å². The summed E-state index contributed by atoms with van der Waals surface area (Å²) >= 11 is 7.00. The minimum atomic E-state index is -4.74. The highest BCUT2D eigenvalue weighted by molar-refractivity contribution is 7.97. The van der Waals surface area contributed by atoms with Crippen LogP contribution in [0.4, 0.5) is 48.3 Å². The maximum absolute atomic E-state index is 14.2. The number of hydrogen-bond donors (Lipinski definition) is 4. The summed E-state index contributed by atoms with van der Waals surface area (Å²) in [5.74, 6) is -12.1. The fourth-order valence-corrected chi connectivity index (χ4v) is 2.06. The van der Waals surface area contributed by atoms with Gasteiger partial charge in [0.1, 0.15) is 18.8 Å². The molecule has 2 N–H and O–H groups in total. The van der Waals surface area contributed by atoms with Gasteiger partial charge in [0, 0.05) is 0 Å². The molecule has 1 aromatic rings. The summed E-state index contributed by atoms with van der Waals surface area (Å²) in [4.78, 5) is 0. The Labute approximate surface area is 193 Å². The predicted molar refractivity (Wildman–Crippen MR) is 107 cm³/mol. The van der Waals surface area contributed by atoms with Gasteiger partial charge in [-0.3, -0.25) is 0 Å². The highest BCUT2D eigenvalue weighted by Gasteiger charge is 2.30. The molecule has 0 atom stereocenters. The fourth-order valence-electron chi connectivity index (χ4n) is 1.81. The second kappa shape index (κ2) is 11.7. The number of nitrogens with zero attached hydrogens (tertiary/aromatic N) is 4. The molecule has 190 valence electrons. The average molecular weight is 548 g/mol. The van der Waals surface area contributed by atoms with Crippen LogP contribution in [0.2, 0.25) is 0 Å². The molecule has 0 aromatic heterocycles. The van der Waals surface area contributed by atoms with E-state index in [9.17, 15) is 48.3 Å². The number of benzene rings is 1. The molecule has 0 aliphatic rings. The van der Waals surface area contributed by atoms with Crippen LogP contribution in [-0.4, -0.2) is 47.2 Å². The smallest absolute Gasteiger partial charge is 0.354 e. The first-order valence-electron chi connectivity index (χ1n) is 8.23. The van der Waals surface area contributed by atoms with Crippen molar-refractivity contribution in [2.24, 2.45) is 20.4 Å². The number of nitrogens with one attached hydrogen (secondary N) is 2. The third-order valence-corrected chi connectivity index (χ3v) is 3.72. The molecule has 1 aromatic carbocycles. The molecule has 0 amide bonds. The summed E-state index contributed by atoms with van der Waals surface area (Å²) in [6.45, 7) is -2.46.